The molecule has 9 nitrogen and oxygen atoms in total. The van der Waals surface area contributed by atoms with Crippen LogP contribution in [-0.2, 0) is 24.3 Å². The molecular weight excluding hydrogens is 408 g/mol. The number of benzene rings is 1. The number of hydrogen-bond donors (Lipinski definition) is 1. The van der Waals surface area contributed by atoms with Gasteiger partial charge in [-0.2, -0.15) is 4.31 Å². The van der Waals surface area contributed by atoms with Gasteiger partial charge in [-0.1, -0.05) is 29.8 Å². The van der Waals surface area contributed by atoms with E-state index in [1.165, 1.54) is 10.6 Å². The van der Waals surface area contributed by atoms with Crippen LogP contribution in [0.3, 0.4) is 0 Å². The summed E-state index contributed by atoms with van der Waals surface area (Å²) in [5, 5.41) is 2.91. The first-order chi connectivity index (χ1) is 14.2. The Hall–Kier alpha value is -2.01. The van der Waals surface area contributed by atoms with E-state index in [1.54, 1.807) is 11.9 Å². The molecule has 30 heavy (non-hydrogen) atoms. The van der Waals surface area contributed by atoms with Gasteiger partial charge in [-0.25, -0.2) is 8.42 Å². The number of carbonyl (C=O) groups excluding carboxylic acids is 2. The number of nitrogens with one attached hydrogen (secondary N) is 1. The first kappa shape index (κ1) is 22.7. The summed E-state index contributed by atoms with van der Waals surface area (Å²) in [5.74, 6) is -0.414. The van der Waals surface area contributed by atoms with Gasteiger partial charge >= 0.3 is 0 Å². The van der Waals surface area contributed by atoms with Gasteiger partial charge in [0.2, 0.25) is 15.9 Å². The fourth-order valence-electron chi connectivity index (χ4n) is 3.82. The minimum Gasteiger partial charge on any atom is -0.356 e. The summed E-state index contributed by atoms with van der Waals surface area (Å²) in [6.45, 7) is 5.09. The Bertz CT molecular complexity index is 866. The summed E-state index contributed by atoms with van der Waals surface area (Å²) >= 11 is 0. The summed E-state index contributed by atoms with van der Waals surface area (Å²) in [6, 6.07) is 7.26. The van der Waals surface area contributed by atoms with Gasteiger partial charge in [0.15, 0.2) is 6.10 Å². The Balaban J connectivity index is 1.56. The Kier molecular flexibility index (Phi) is 7.12. The van der Waals surface area contributed by atoms with Crippen molar-refractivity contribution in [1.29, 1.82) is 0 Å². The molecule has 3 rings (SSSR count). The van der Waals surface area contributed by atoms with Crippen LogP contribution in [-0.4, -0.2) is 99.6 Å². The molecule has 2 fully saturated rings. The predicted molar refractivity (Wildman–Crippen MR) is 112 cm³/mol. The number of ether oxygens (including phenoxy) is 1. The maximum Gasteiger partial charge on any atom is 0.251 e. The van der Waals surface area contributed by atoms with Crippen molar-refractivity contribution in [2.75, 3.05) is 59.2 Å². The molecule has 0 aromatic heterocycles. The third kappa shape index (κ3) is 5.37. The van der Waals surface area contributed by atoms with Crippen LogP contribution in [0.2, 0.25) is 0 Å². The van der Waals surface area contributed by atoms with Gasteiger partial charge in [0.1, 0.15) is 6.61 Å². The number of likely N-dealkylation sites (N-methyl/N-ethyl adjacent to an activating group) is 1. The zero-order valence-electron chi connectivity index (χ0n) is 17.7. The van der Waals surface area contributed by atoms with E-state index in [-0.39, 0.29) is 18.4 Å². The Morgan fingerprint density at radius 3 is 2.40 bits per heavy atom. The molecular formula is C20H30N4O5S. The van der Waals surface area contributed by atoms with Crippen LogP contribution in [0.1, 0.15) is 17.2 Å². The van der Waals surface area contributed by atoms with Crippen LogP contribution in [0.15, 0.2) is 24.3 Å². The number of rotatable bonds is 6. The maximum atomic E-state index is 12.8. The highest BCUT2D eigenvalue weighted by Crippen LogP contribution is 2.29. The van der Waals surface area contributed by atoms with Gasteiger partial charge in [-0.15, -0.1) is 0 Å². The highest BCUT2D eigenvalue weighted by atomic mass is 32.2. The lowest BCUT2D eigenvalue weighted by Gasteiger charge is -2.38. The zero-order chi connectivity index (χ0) is 21.9. The first-order valence-electron chi connectivity index (χ1n) is 10.1. The van der Waals surface area contributed by atoms with Crippen molar-refractivity contribution in [2.24, 2.45) is 0 Å². The lowest BCUT2D eigenvalue weighted by molar-refractivity contribution is -0.162. The Morgan fingerprint density at radius 2 is 1.80 bits per heavy atom. The molecule has 2 atom stereocenters. The smallest absolute Gasteiger partial charge is 0.251 e. The molecule has 2 aliphatic heterocycles. The number of hydrogen-bond acceptors (Lipinski definition) is 6. The van der Waals surface area contributed by atoms with Crippen molar-refractivity contribution in [3.8, 4) is 0 Å². The largest absolute Gasteiger partial charge is 0.356 e. The van der Waals surface area contributed by atoms with Gasteiger partial charge in [-0.05, 0) is 12.5 Å². The second-order valence-corrected chi connectivity index (χ2v) is 9.87. The van der Waals surface area contributed by atoms with E-state index >= 15 is 0 Å². The highest BCUT2D eigenvalue weighted by molar-refractivity contribution is 7.88. The average molecular weight is 439 g/mol. The van der Waals surface area contributed by atoms with Gasteiger partial charge < -0.3 is 15.0 Å². The molecule has 0 spiro atoms. The van der Waals surface area contributed by atoms with Crippen molar-refractivity contribution < 1.29 is 22.7 Å². The number of carbonyl (C=O) groups is 2. The minimum atomic E-state index is -3.15. The lowest BCUT2D eigenvalue weighted by atomic mass is 9.97. The fraction of sp³-hybridized carbons (Fsp3) is 0.600. The van der Waals surface area contributed by atoms with Crippen LogP contribution in [0.4, 0.5) is 0 Å². The van der Waals surface area contributed by atoms with Crippen molar-refractivity contribution in [1.82, 2.24) is 19.4 Å². The number of nitrogens with zero attached hydrogens (tertiary/aromatic N) is 3. The molecule has 1 aromatic carbocycles. The quantitative estimate of drug-likeness (QED) is 0.648. The number of amides is 2. The van der Waals surface area contributed by atoms with Crippen LogP contribution in [0.25, 0.3) is 0 Å². The van der Waals surface area contributed by atoms with Gasteiger partial charge in [0, 0.05) is 46.3 Å². The standard InChI is InChI=1S/C20H30N4O5S/c1-15-4-6-16(7-5-15)18-19(29-14-17(25)22(18)2)20(26)21-8-9-23-10-12-24(13-11-23)30(3,27)28/h4-7,18-19H,8-14H2,1-3H3,(H,21,26)/t18-,19+/m0/s1. The van der Waals surface area contributed by atoms with Gasteiger partial charge in [0.25, 0.3) is 5.91 Å². The van der Waals surface area contributed by atoms with E-state index in [2.05, 4.69) is 10.2 Å². The number of aryl methyl sites for hydroxylation is 1. The molecule has 2 amide bonds. The van der Waals surface area contributed by atoms with Gasteiger partial charge in [-0.3, -0.25) is 14.5 Å². The van der Waals surface area contributed by atoms with Crippen molar-refractivity contribution in [2.45, 2.75) is 19.1 Å². The molecule has 2 aliphatic rings. The summed E-state index contributed by atoms with van der Waals surface area (Å²) in [5.41, 5.74) is 1.95. The number of sulfonamides is 1. The summed E-state index contributed by atoms with van der Waals surface area (Å²) in [7, 11) is -1.46. The van der Waals surface area contributed by atoms with Crippen LogP contribution in [0, 0.1) is 6.92 Å². The molecule has 10 heteroatoms. The topological polar surface area (TPSA) is 99.3 Å². The van der Waals surface area contributed by atoms with E-state index in [9.17, 15) is 18.0 Å². The molecule has 166 valence electrons. The number of piperazine rings is 1. The molecule has 2 saturated heterocycles. The van der Waals surface area contributed by atoms with Crippen molar-refractivity contribution >= 4 is 21.8 Å². The maximum absolute atomic E-state index is 12.8. The van der Waals surface area contributed by atoms with E-state index in [0.29, 0.717) is 39.3 Å². The van der Waals surface area contributed by atoms with Crippen LogP contribution in [0.5, 0.6) is 0 Å². The second kappa shape index (κ2) is 9.42. The highest BCUT2D eigenvalue weighted by Gasteiger charge is 2.39. The zero-order valence-corrected chi connectivity index (χ0v) is 18.5. The van der Waals surface area contributed by atoms with Gasteiger partial charge in [0.05, 0.1) is 12.3 Å². The van der Waals surface area contributed by atoms with Crippen LogP contribution >= 0.6 is 0 Å². The van der Waals surface area contributed by atoms with Crippen molar-refractivity contribution in [3.63, 3.8) is 0 Å². The minimum absolute atomic E-state index is 0.121. The average Bonchev–Trinajstić information content (AvgIpc) is 2.70. The summed E-state index contributed by atoms with van der Waals surface area (Å²) < 4.78 is 30.3. The molecule has 0 unspecified atom stereocenters. The molecule has 0 bridgehead atoms. The molecule has 1 aromatic rings. The third-order valence-corrected chi connectivity index (χ3v) is 6.99. The Morgan fingerprint density at radius 1 is 1.17 bits per heavy atom. The summed E-state index contributed by atoms with van der Waals surface area (Å²) in [6.07, 6.45) is 0.441. The predicted octanol–water partition coefficient (Wildman–Crippen LogP) is -0.413. The van der Waals surface area contributed by atoms with E-state index in [4.69, 9.17) is 4.74 Å². The second-order valence-electron chi connectivity index (χ2n) is 7.89. The van der Waals surface area contributed by atoms with E-state index in [0.717, 1.165) is 11.1 Å². The van der Waals surface area contributed by atoms with Crippen molar-refractivity contribution in [3.05, 3.63) is 35.4 Å². The molecule has 0 saturated carbocycles. The molecule has 2 heterocycles. The first-order valence-corrected chi connectivity index (χ1v) is 11.9. The fourth-order valence-corrected chi connectivity index (χ4v) is 4.64. The third-order valence-electron chi connectivity index (χ3n) is 5.69. The van der Waals surface area contributed by atoms with E-state index in [1.807, 2.05) is 31.2 Å². The monoisotopic (exact) mass is 438 g/mol. The normalized spacial score (nSPS) is 24.1. The molecule has 0 aliphatic carbocycles. The number of morpholine rings is 1. The molecule has 0 radical (unpaired) electrons. The molecule has 1 N–H and O–H groups in total. The lowest BCUT2D eigenvalue weighted by Crippen LogP contribution is -2.54. The summed E-state index contributed by atoms with van der Waals surface area (Å²) in [4.78, 5) is 28.7. The SMILES string of the molecule is Cc1ccc([C@H]2[C@H](C(=O)NCCN3CCN(S(C)(=O)=O)CC3)OCC(=O)N2C)cc1. The Labute approximate surface area is 178 Å². The van der Waals surface area contributed by atoms with E-state index < -0.39 is 22.2 Å². The van der Waals surface area contributed by atoms with Crippen LogP contribution < -0.4 is 5.32 Å².